The quantitative estimate of drug-likeness (QED) is 0.407. The van der Waals surface area contributed by atoms with Gasteiger partial charge in [-0.15, -0.1) is 0 Å². The van der Waals surface area contributed by atoms with Crippen LogP contribution in [0.4, 0.5) is 0 Å². The molecule has 0 aliphatic heterocycles. The Balaban J connectivity index is 2.08. The van der Waals surface area contributed by atoms with Crippen molar-refractivity contribution in [3.8, 4) is 11.5 Å². The largest absolute Gasteiger partial charge is 0.504 e. The first-order valence-electron chi connectivity index (χ1n) is 7.59. The van der Waals surface area contributed by atoms with Gasteiger partial charge in [-0.3, -0.25) is 0 Å². The second-order valence-electron chi connectivity index (χ2n) is 5.32. The van der Waals surface area contributed by atoms with Crippen LogP contribution in [0.2, 0.25) is 0 Å². The molecule has 2 rings (SSSR count). The Morgan fingerprint density at radius 3 is 2.50 bits per heavy atom. The van der Waals surface area contributed by atoms with Crippen molar-refractivity contribution in [3.63, 3.8) is 0 Å². The van der Waals surface area contributed by atoms with Crippen LogP contribution < -0.4 is 4.83 Å². The maximum Gasteiger partial charge on any atom is 0.276 e. The highest BCUT2D eigenvalue weighted by molar-refractivity contribution is 7.89. The third-order valence-corrected chi connectivity index (χ3v) is 4.71. The summed E-state index contributed by atoms with van der Waals surface area (Å²) in [5.41, 5.74) is 1.29. The Hall–Kier alpha value is -2.54. The summed E-state index contributed by atoms with van der Waals surface area (Å²) in [5.74, 6) is -0.662. The van der Waals surface area contributed by atoms with E-state index in [2.05, 4.69) is 16.9 Å². The molecule has 128 valence electrons. The van der Waals surface area contributed by atoms with E-state index in [1.54, 1.807) is 12.1 Å². The van der Waals surface area contributed by atoms with Crippen molar-refractivity contribution >= 4 is 16.2 Å². The molecule has 0 saturated carbocycles. The summed E-state index contributed by atoms with van der Waals surface area (Å²) >= 11 is 0. The summed E-state index contributed by atoms with van der Waals surface area (Å²) in [6, 6.07) is 11.0. The third kappa shape index (κ3) is 4.48. The van der Waals surface area contributed by atoms with Crippen LogP contribution in [-0.4, -0.2) is 24.8 Å². The maximum atomic E-state index is 12.2. The second kappa shape index (κ2) is 7.83. The summed E-state index contributed by atoms with van der Waals surface area (Å²) in [6.07, 6.45) is 4.18. The van der Waals surface area contributed by atoms with E-state index < -0.39 is 10.0 Å². The lowest BCUT2D eigenvalue weighted by molar-refractivity contribution is 0.403. The van der Waals surface area contributed by atoms with Crippen LogP contribution in [0.5, 0.6) is 11.5 Å². The van der Waals surface area contributed by atoms with Crippen molar-refractivity contribution in [1.82, 2.24) is 4.83 Å². The van der Waals surface area contributed by atoms with Crippen molar-refractivity contribution < 1.29 is 18.6 Å². The normalized spacial score (nSPS) is 11.7. The van der Waals surface area contributed by atoms with E-state index in [1.165, 1.54) is 30.3 Å². The van der Waals surface area contributed by atoms with Gasteiger partial charge in [0.25, 0.3) is 10.0 Å². The van der Waals surface area contributed by atoms with Crippen LogP contribution in [0.1, 0.15) is 30.9 Å². The molecule has 0 amide bonds. The number of sulfonamides is 1. The van der Waals surface area contributed by atoms with Crippen molar-refractivity contribution in [2.24, 2.45) is 5.10 Å². The first-order chi connectivity index (χ1) is 11.4. The van der Waals surface area contributed by atoms with Gasteiger partial charge >= 0.3 is 0 Å². The number of hydrogen-bond acceptors (Lipinski definition) is 5. The van der Waals surface area contributed by atoms with E-state index >= 15 is 0 Å². The number of nitrogens with one attached hydrogen (secondary N) is 1. The van der Waals surface area contributed by atoms with E-state index in [9.17, 15) is 18.6 Å². The fourth-order valence-electron chi connectivity index (χ4n) is 2.09. The lowest BCUT2D eigenvalue weighted by atomic mass is 10.1. The number of rotatable bonds is 7. The summed E-state index contributed by atoms with van der Waals surface area (Å²) in [6.45, 7) is 2.10. The molecule has 3 N–H and O–H groups in total. The average molecular weight is 348 g/mol. The predicted molar refractivity (Wildman–Crippen MR) is 92.7 cm³/mol. The molecule has 0 atom stereocenters. The monoisotopic (exact) mass is 348 g/mol. The molecule has 0 unspecified atom stereocenters. The first-order valence-corrected chi connectivity index (χ1v) is 9.07. The fraction of sp³-hybridized carbons (Fsp3) is 0.235. The first kappa shape index (κ1) is 17.8. The molecule has 0 spiro atoms. The van der Waals surface area contributed by atoms with Crippen molar-refractivity contribution in [1.29, 1.82) is 0 Å². The minimum atomic E-state index is -3.78. The van der Waals surface area contributed by atoms with Crippen LogP contribution in [0, 0.1) is 0 Å². The Bertz CT molecular complexity index is 815. The van der Waals surface area contributed by atoms with E-state index in [1.807, 2.05) is 0 Å². The van der Waals surface area contributed by atoms with Gasteiger partial charge in [0.15, 0.2) is 11.5 Å². The molecule has 0 heterocycles. The highest BCUT2D eigenvalue weighted by atomic mass is 32.2. The van der Waals surface area contributed by atoms with Crippen LogP contribution in [0.25, 0.3) is 0 Å². The zero-order valence-electron chi connectivity index (χ0n) is 13.3. The molecule has 0 bridgehead atoms. The highest BCUT2D eigenvalue weighted by Gasteiger charge is 2.12. The molecular formula is C17H20N2O4S. The molecule has 0 aliphatic carbocycles. The summed E-state index contributed by atoms with van der Waals surface area (Å²) in [4.78, 5) is 2.19. The van der Waals surface area contributed by atoms with Gasteiger partial charge in [-0.05, 0) is 42.7 Å². The van der Waals surface area contributed by atoms with E-state index in [-0.39, 0.29) is 22.0 Å². The van der Waals surface area contributed by atoms with Gasteiger partial charge in [0.05, 0.1) is 11.1 Å². The molecule has 2 aromatic rings. The molecule has 0 saturated heterocycles. The summed E-state index contributed by atoms with van der Waals surface area (Å²) in [5, 5.41) is 22.6. The number of phenolic OH excluding ortho intramolecular Hbond substituents is 2. The van der Waals surface area contributed by atoms with Gasteiger partial charge < -0.3 is 10.2 Å². The lowest BCUT2D eigenvalue weighted by Gasteiger charge is -2.05. The molecule has 24 heavy (non-hydrogen) atoms. The smallest absolute Gasteiger partial charge is 0.276 e. The Kier molecular flexibility index (Phi) is 5.81. The van der Waals surface area contributed by atoms with Crippen molar-refractivity contribution in [2.75, 3.05) is 0 Å². The minimum Gasteiger partial charge on any atom is -0.504 e. The molecule has 2 aromatic carbocycles. The van der Waals surface area contributed by atoms with Crippen molar-refractivity contribution in [2.45, 2.75) is 31.1 Å². The Morgan fingerprint density at radius 2 is 1.83 bits per heavy atom. The number of aryl methyl sites for hydroxylation is 1. The Labute approximate surface area is 141 Å². The second-order valence-corrected chi connectivity index (χ2v) is 6.98. The van der Waals surface area contributed by atoms with Gasteiger partial charge in [0.1, 0.15) is 0 Å². The van der Waals surface area contributed by atoms with Crippen LogP contribution in [0.15, 0.2) is 52.5 Å². The van der Waals surface area contributed by atoms with Crippen LogP contribution in [-0.2, 0) is 16.4 Å². The molecule has 0 aliphatic rings. The van der Waals surface area contributed by atoms with Gasteiger partial charge in [-0.25, -0.2) is 4.83 Å². The topological polar surface area (TPSA) is 99.0 Å². The van der Waals surface area contributed by atoms with E-state index in [4.69, 9.17) is 0 Å². The SMILES string of the molecule is CCCCc1ccc(S(=O)(=O)N/N=C\c2cccc(O)c2O)cc1. The molecule has 0 radical (unpaired) electrons. The van der Waals surface area contributed by atoms with Crippen molar-refractivity contribution in [3.05, 3.63) is 53.6 Å². The fourth-order valence-corrected chi connectivity index (χ4v) is 2.88. The zero-order valence-corrected chi connectivity index (χ0v) is 14.1. The van der Waals surface area contributed by atoms with E-state index in [0.717, 1.165) is 31.0 Å². The minimum absolute atomic E-state index is 0.111. The average Bonchev–Trinajstić information content (AvgIpc) is 2.57. The number of hydrazone groups is 1. The molecule has 6 nitrogen and oxygen atoms in total. The Morgan fingerprint density at radius 1 is 1.12 bits per heavy atom. The number of phenols is 2. The zero-order chi connectivity index (χ0) is 17.6. The van der Waals surface area contributed by atoms with Gasteiger partial charge in [0.2, 0.25) is 0 Å². The third-order valence-electron chi connectivity index (χ3n) is 3.48. The van der Waals surface area contributed by atoms with Crippen LogP contribution >= 0.6 is 0 Å². The maximum absolute atomic E-state index is 12.2. The molecule has 0 aromatic heterocycles. The standard InChI is InChI=1S/C17H20N2O4S/c1-2-3-5-13-8-10-15(11-9-13)24(22,23)19-18-12-14-6-4-7-16(20)17(14)21/h4,6-12,19-21H,2-3,5H2,1H3/b18-12-. The number of unbranched alkanes of at least 4 members (excludes halogenated alkanes) is 1. The molecule has 0 fully saturated rings. The number of para-hydroxylation sites is 1. The van der Waals surface area contributed by atoms with Gasteiger partial charge in [-0.1, -0.05) is 31.5 Å². The van der Waals surface area contributed by atoms with Crippen LogP contribution in [0.3, 0.4) is 0 Å². The number of benzene rings is 2. The van der Waals surface area contributed by atoms with E-state index in [0.29, 0.717) is 0 Å². The summed E-state index contributed by atoms with van der Waals surface area (Å²) in [7, 11) is -3.78. The van der Waals surface area contributed by atoms with Gasteiger partial charge in [-0.2, -0.15) is 13.5 Å². The predicted octanol–water partition coefficient (Wildman–Crippen LogP) is 2.75. The highest BCUT2D eigenvalue weighted by Crippen LogP contribution is 2.26. The number of nitrogens with zero attached hydrogens (tertiary/aromatic N) is 1. The molecule has 7 heteroatoms. The van der Waals surface area contributed by atoms with Gasteiger partial charge in [0, 0.05) is 5.56 Å². The number of hydrogen-bond donors (Lipinski definition) is 3. The number of aromatic hydroxyl groups is 2. The molecular weight excluding hydrogens is 328 g/mol. The summed E-state index contributed by atoms with van der Waals surface area (Å²) < 4.78 is 24.3. The lowest BCUT2D eigenvalue weighted by Crippen LogP contribution is -2.18.